The number of likely N-dealkylation sites (tertiary alicyclic amines) is 1. The summed E-state index contributed by atoms with van der Waals surface area (Å²) >= 11 is 0. The molecular weight excluding hydrogens is 289 g/mol. The summed E-state index contributed by atoms with van der Waals surface area (Å²) in [6.45, 7) is 3.77. The molecular formula is C14H20ClF3N2. The first-order chi connectivity index (χ1) is 8.91. The number of hydrogen-bond donors (Lipinski definition) is 1. The van der Waals surface area contributed by atoms with Gasteiger partial charge in [0.2, 0.25) is 0 Å². The highest BCUT2D eigenvalue weighted by Gasteiger charge is 2.35. The van der Waals surface area contributed by atoms with Gasteiger partial charge in [-0.3, -0.25) is 4.90 Å². The Morgan fingerprint density at radius 2 is 1.95 bits per heavy atom. The molecule has 20 heavy (non-hydrogen) atoms. The highest BCUT2D eigenvalue weighted by atomic mass is 35.5. The standard InChI is InChI=1S/C14H19F3N2.ClH/c1-10-6-11(7-18)8-19(10)9-12-4-2-3-5-13(12)14(15,16)17;/h2-5,10-11H,6-9,18H2,1H3;1H. The van der Waals surface area contributed by atoms with Crippen LogP contribution in [0.25, 0.3) is 0 Å². The Kier molecular flexibility index (Phi) is 5.86. The predicted molar refractivity (Wildman–Crippen MR) is 75.7 cm³/mol. The van der Waals surface area contributed by atoms with Crippen LogP contribution in [-0.2, 0) is 12.7 Å². The zero-order chi connectivity index (χ0) is 14.0. The smallest absolute Gasteiger partial charge is 0.330 e. The molecule has 2 rings (SSSR count). The lowest BCUT2D eigenvalue weighted by atomic mass is 10.1. The molecule has 0 amide bonds. The van der Waals surface area contributed by atoms with Crippen LogP contribution < -0.4 is 5.73 Å². The molecule has 2 atom stereocenters. The number of benzene rings is 1. The Balaban J connectivity index is 0.00000200. The lowest BCUT2D eigenvalue weighted by molar-refractivity contribution is -0.138. The number of halogens is 4. The Hall–Kier alpha value is -0.780. The van der Waals surface area contributed by atoms with Crippen LogP contribution in [0, 0.1) is 5.92 Å². The van der Waals surface area contributed by atoms with E-state index in [1.165, 1.54) is 6.07 Å². The molecule has 1 aliphatic rings. The maximum absolute atomic E-state index is 12.9. The maximum atomic E-state index is 12.9. The third-order valence-corrected chi connectivity index (χ3v) is 3.82. The van der Waals surface area contributed by atoms with Gasteiger partial charge in [-0.25, -0.2) is 0 Å². The average Bonchev–Trinajstić information content (AvgIpc) is 2.70. The fourth-order valence-corrected chi connectivity index (χ4v) is 2.76. The summed E-state index contributed by atoms with van der Waals surface area (Å²) in [5.74, 6) is 0.396. The zero-order valence-corrected chi connectivity index (χ0v) is 12.2. The van der Waals surface area contributed by atoms with E-state index in [9.17, 15) is 13.2 Å². The van der Waals surface area contributed by atoms with Gasteiger partial charge in [0, 0.05) is 19.1 Å². The van der Waals surface area contributed by atoms with Crippen LogP contribution in [0.3, 0.4) is 0 Å². The minimum atomic E-state index is -4.28. The van der Waals surface area contributed by atoms with Gasteiger partial charge < -0.3 is 5.73 Å². The van der Waals surface area contributed by atoms with E-state index in [0.717, 1.165) is 19.0 Å². The summed E-state index contributed by atoms with van der Waals surface area (Å²) in [5, 5.41) is 0. The molecule has 1 saturated heterocycles. The number of hydrogen-bond acceptors (Lipinski definition) is 2. The van der Waals surface area contributed by atoms with Crippen molar-refractivity contribution in [2.45, 2.75) is 32.1 Å². The number of nitrogens with two attached hydrogens (primary N) is 1. The first-order valence-electron chi connectivity index (χ1n) is 6.51. The molecule has 0 saturated carbocycles. The largest absolute Gasteiger partial charge is 0.416 e. The molecule has 1 fully saturated rings. The van der Waals surface area contributed by atoms with Gasteiger partial charge in [0.05, 0.1) is 5.56 Å². The topological polar surface area (TPSA) is 29.3 Å². The molecule has 0 radical (unpaired) electrons. The lowest BCUT2D eigenvalue weighted by Gasteiger charge is -2.23. The van der Waals surface area contributed by atoms with Gasteiger partial charge in [-0.1, -0.05) is 18.2 Å². The van der Waals surface area contributed by atoms with Crippen molar-refractivity contribution in [2.75, 3.05) is 13.1 Å². The summed E-state index contributed by atoms with van der Waals surface area (Å²) in [7, 11) is 0. The van der Waals surface area contributed by atoms with E-state index < -0.39 is 11.7 Å². The quantitative estimate of drug-likeness (QED) is 0.928. The molecule has 0 aliphatic carbocycles. The van der Waals surface area contributed by atoms with Crippen LogP contribution in [-0.4, -0.2) is 24.0 Å². The molecule has 1 aromatic rings. The third kappa shape index (κ3) is 3.87. The maximum Gasteiger partial charge on any atom is 0.416 e. The second kappa shape index (κ2) is 6.78. The van der Waals surface area contributed by atoms with Crippen LogP contribution >= 0.6 is 12.4 Å². The first kappa shape index (κ1) is 17.3. The Bertz CT molecular complexity index is 437. The summed E-state index contributed by atoms with van der Waals surface area (Å²) < 4.78 is 38.8. The van der Waals surface area contributed by atoms with Crippen molar-refractivity contribution in [3.63, 3.8) is 0 Å². The van der Waals surface area contributed by atoms with Crippen LogP contribution in [0.4, 0.5) is 13.2 Å². The van der Waals surface area contributed by atoms with E-state index >= 15 is 0 Å². The predicted octanol–water partition coefficient (Wildman–Crippen LogP) is 3.30. The Morgan fingerprint density at radius 3 is 2.50 bits per heavy atom. The SMILES string of the molecule is CC1CC(CN)CN1Cc1ccccc1C(F)(F)F.Cl. The zero-order valence-electron chi connectivity index (χ0n) is 11.4. The van der Waals surface area contributed by atoms with Crippen molar-refractivity contribution >= 4 is 12.4 Å². The van der Waals surface area contributed by atoms with Gasteiger partial charge in [0.25, 0.3) is 0 Å². The molecule has 0 bridgehead atoms. The summed E-state index contributed by atoms with van der Waals surface area (Å²) in [6, 6.07) is 6.09. The highest BCUT2D eigenvalue weighted by molar-refractivity contribution is 5.85. The van der Waals surface area contributed by atoms with E-state index in [-0.39, 0.29) is 18.4 Å². The second-order valence-corrected chi connectivity index (χ2v) is 5.27. The molecule has 2 unspecified atom stereocenters. The van der Waals surface area contributed by atoms with E-state index in [2.05, 4.69) is 4.90 Å². The molecule has 6 heteroatoms. The van der Waals surface area contributed by atoms with Crippen molar-refractivity contribution in [2.24, 2.45) is 11.7 Å². The Labute approximate surface area is 123 Å². The molecule has 2 nitrogen and oxygen atoms in total. The van der Waals surface area contributed by atoms with Crippen LogP contribution in [0.1, 0.15) is 24.5 Å². The van der Waals surface area contributed by atoms with Gasteiger partial charge in [-0.15, -0.1) is 12.4 Å². The van der Waals surface area contributed by atoms with Crippen molar-refractivity contribution in [3.8, 4) is 0 Å². The molecule has 1 aromatic carbocycles. The molecule has 114 valence electrons. The Morgan fingerprint density at radius 1 is 1.30 bits per heavy atom. The van der Waals surface area contributed by atoms with E-state index in [0.29, 0.717) is 24.6 Å². The van der Waals surface area contributed by atoms with Crippen molar-refractivity contribution in [1.29, 1.82) is 0 Å². The lowest BCUT2D eigenvalue weighted by Crippen LogP contribution is -2.28. The van der Waals surface area contributed by atoms with Crippen molar-refractivity contribution in [3.05, 3.63) is 35.4 Å². The number of nitrogens with zero attached hydrogens (tertiary/aromatic N) is 1. The normalized spacial score (nSPS) is 23.6. The van der Waals surface area contributed by atoms with Gasteiger partial charge in [-0.2, -0.15) is 13.2 Å². The highest BCUT2D eigenvalue weighted by Crippen LogP contribution is 2.33. The van der Waals surface area contributed by atoms with Gasteiger partial charge in [-0.05, 0) is 37.4 Å². The molecule has 2 N–H and O–H groups in total. The molecule has 1 aliphatic heterocycles. The average molecular weight is 309 g/mol. The van der Waals surface area contributed by atoms with Crippen LogP contribution in [0.5, 0.6) is 0 Å². The van der Waals surface area contributed by atoms with E-state index in [1.807, 2.05) is 6.92 Å². The van der Waals surface area contributed by atoms with Gasteiger partial charge in [0.15, 0.2) is 0 Å². The van der Waals surface area contributed by atoms with Crippen LogP contribution in [0.15, 0.2) is 24.3 Å². The molecule has 0 spiro atoms. The third-order valence-electron chi connectivity index (χ3n) is 3.82. The van der Waals surface area contributed by atoms with Gasteiger partial charge in [0.1, 0.15) is 0 Å². The first-order valence-corrected chi connectivity index (χ1v) is 6.51. The molecule has 0 aromatic heterocycles. The summed E-state index contributed by atoms with van der Waals surface area (Å²) in [4.78, 5) is 2.09. The summed E-state index contributed by atoms with van der Waals surface area (Å²) in [5.41, 5.74) is 5.46. The fourth-order valence-electron chi connectivity index (χ4n) is 2.76. The summed E-state index contributed by atoms with van der Waals surface area (Å²) in [6.07, 6.45) is -3.32. The number of alkyl halides is 3. The minimum Gasteiger partial charge on any atom is -0.330 e. The minimum absolute atomic E-state index is 0. The monoisotopic (exact) mass is 308 g/mol. The fraction of sp³-hybridized carbons (Fsp3) is 0.571. The van der Waals surface area contributed by atoms with Crippen LogP contribution in [0.2, 0.25) is 0 Å². The van der Waals surface area contributed by atoms with Gasteiger partial charge >= 0.3 is 6.18 Å². The number of rotatable bonds is 3. The van der Waals surface area contributed by atoms with Crippen molar-refractivity contribution in [1.82, 2.24) is 4.90 Å². The van der Waals surface area contributed by atoms with E-state index in [1.54, 1.807) is 12.1 Å². The molecule has 1 heterocycles. The van der Waals surface area contributed by atoms with E-state index in [4.69, 9.17) is 5.73 Å². The second-order valence-electron chi connectivity index (χ2n) is 5.27. The van der Waals surface area contributed by atoms with Crippen molar-refractivity contribution < 1.29 is 13.2 Å².